The van der Waals surface area contributed by atoms with Gasteiger partial charge in [0.1, 0.15) is 5.76 Å². The molecule has 0 saturated heterocycles. The number of hydrogen-bond donors (Lipinski definition) is 2. The van der Waals surface area contributed by atoms with Crippen LogP contribution in [0.2, 0.25) is 0 Å². The molecule has 0 spiro atoms. The van der Waals surface area contributed by atoms with Crippen molar-refractivity contribution in [2.75, 3.05) is 13.1 Å². The largest absolute Gasteiger partial charge is 0.480 e. The van der Waals surface area contributed by atoms with E-state index in [4.69, 9.17) is 9.52 Å². The number of ketones is 1. The SMILES string of the molecule is CCN(CC(=O)O)C1CC(NC(=O)c2ccc(-c3ccc(C(C)=O)cc3)o2)C1. The first kappa shape index (κ1) is 19.8. The first-order valence-electron chi connectivity index (χ1n) is 9.35. The van der Waals surface area contributed by atoms with Gasteiger partial charge < -0.3 is 14.8 Å². The van der Waals surface area contributed by atoms with E-state index >= 15 is 0 Å². The maximum Gasteiger partial charge on any atom is 0.317 e. The number of nitrogens with one attached hydrogen (secondary N) is 1. The molecule has 1 amide bonds. The van der Waals surface area contributed by atoms with Crippen LogP contribution in [0.25, 0.3) is 11.3 Å². The summed E-state index contributed by atoms with van der Waals surface area (Å²) in [4.78, 5) is 36.5. The van der Waals surface area contributed by atoms with Gasteiger partial charge in [-0.2, -0.15) is 0 Å². The van der Waals surface area contributed by atoms with Gasteiger partial charge in [-0.05, 0) is 38.4 Å². The van der Waals surface area contributed by atoms with Crippen molar-refractivity contribution < 1.29 is 23.9 Å². The maximum absolute atomic E-state index is 12.4. The first-order valence-corrected chi connectivity index (χ1v) is 9.35. The Morgan fingerprint density at radius 1 is 1.14 bits per heavy atom. The number of carbonyl (C=O) groups is 3. The minimum atomic E-state index is -0.839. The standard InChI is InChI=1S/C21H24N2O5/c1-3-23(12-20(25)26)17-10-16(11-17)22-21(27)19-9-8-18(28-19)15-6-4-14(5-7-15)13(2)24/h4-9,16-17H,3,10-12H2,1-2H3,(H,22,27)(H,25,26). The third-order valence-corrected chi connectivity index (χ3v) is 5.12. The van der Waals surface area contributed by atoms with Gasteiger partial charge in [0.25, 0.3) is 5.91 Å². The third-order valence-electron chi connectivity index (χ3n) is 5.12. The van der Waals surface area contributed by atoms with Crippen molar-refractivity contribution in [2.45, 2.75) is 38.8 Å². The summed E-state index contributed by atoms with van der Waals surface area (Å²) in [5, 5.41) is 11.9. The molecule has 1 aliphatic carbocycles. The monoisotopic (exact) mass is 384 g/mol. The Hall–Kier alpha value is -2.93. The molecular weight excluding hydrogens is 360 g/mol. The van der Waals surface area contributed by atoms with E-state index in [1.54, 1.807) is 36.4 Å². The lowest BCUT2D eigenvalue weighted by molar-refractivity contribution is -0.139. The molecule has 0 aliphatic heterocycles. The summed E-state index contributed by atoms with van der Waals surface area (Å²) < 4.78 is 5.66. The van der Waals surface area contributed by atoms with E-state index in [2.05, 4.69) is 5.32 Å². The molecule has 148 valence electrons. The molecule has 0 unspecified atom stereocenters. The number of nitrogens with zero attached hydrogens (tertiary/aromatic N) is 1. The summed E-state index contributed by atoms with van der Waals surface area (Å²) in [7, 11) is 0. The first-order chi connectivity index (χ1) is 13.4. The highest BCUT2D eigenvalue weighted by Crippen LogP contribution is 2.27. The van der Waals surface area contributed by atoms with E-state index in [0.717, 1.165) is 18.4 Å². The van der Waals surface area contributed by atoms with Crippen molar-refractivity contribution in [3.63, 3.8) is 0 Å². The van der Waals surface area contributed by atoms with Gasteiger partial charge in [0.2, 0.25) is 0 Å². The number of likely N-dealkylation sites (N-methyl/N-ethyl adjacent to an activating group) is 1. The van der Waals surface area contributed by atoms with Crippen LogP contribution < -0.4 is 5.32 Å². The summed E-state index contributed by atoms with van der Waals surface area (Å²) >= 11 is 0. The highest BCUT2D eigenvalue weighted by Gasteiger charge is 2.35. The van der Waals surface area contributed by atoms with Crippen molar-refractivity contribution in [3.05, 3.63) is 47.7 Å². The smallest absolute Gasteiger partial charge is 0.317 e. The Balaban J connectivity index is 1.55. The number of aliphatic carboxylic acids is 1. The van der Waals surface area contributed by atoms with Crippen molar-refractivity contribution >= 4 is 17.7 Å². The van der Waals surface area contributed by atoms with Crippen LogP contribution >= 0.6 is 0 Å². The second-order valence-corrected chi connectivity index (χ2v) is 7.05. The van der Waals surface area contributed by atoms with Crippen LogP contribution in [0.15, 0.2) is 40.8 Å². The normalized spacial score (nSPS) is 18.5. The minimum Gasteiger partial charge on any atom is -0.480 e. The molecule has 7 nitrogen and oxygen atoms in total. The predicted molar refractivity (Wildman–Crippen MR) is 103 cm³/mol. The molecule has 2 N–H and O–H groups in total. The summed E-state index contributed by atoms with van der Waals surface area (Å²) in [5.41, 5.74) is 1.41. The van der Waals surface area contributed by atoms with E-state index in [9.17, 15) is 14.4 Å². The van der Waals surface area contributed by atoms with E-state index in [1.165, 1.54) is 6.92 Å². The molecule has 1 fully saturated rings. The van der Waals surface area contributed by atoms with Gasteiger partial charge in [-0.25, -0.2) is 0 Å². The van der Waals surface area contributed by atoms with Gasteiger partial charge in [0.15, 0.2) is 11.5 Å². The average molecular weight is 384 g/mol. The zero-order valence-corrected chi connectivity index (χ0v) is 16.0. The lowest BCUT2D eigenvalue weighted by Gasteiger charge is -2.42. The molecule has 1 aliphatic rings. The molecule has 1 heterocycles. The van der Waals surface area contributed by atoms with E-state index < -0.39 is 5.97 Å². The molecule has 1 aromatic carbocycles. The van der Waals surface area contributed by atoms with Crippen molar-refractivity contribution in [1.29, 1.82) is 0 Å². The molecule has 0 bridgehead atoms. The summed E-state index contributed by atoms with van der Waals surface area (Å²) in [5.74, 6) is -0.336. The van der Waals surface area contributed by atoms with Crippen LogP contribution in [-0.4, -0.2) is 52.8 Å². The number of carbonyl (C=O) groups excluding carboxylic acids is 2. The van der Waals surface area contributed by atoms with E-state index in [1.807, 2.05) is 11.8 Å². The lowest BCUT2D eigenvalue weighted by Crippen LogP contribution is -2.54. The third kappa shape index (κ3) is 4.48. The molecule has 0 radical (unpaired) electrons. The number of amides is 1. The number of furan rings is 1. The highest BCUT2D eigenvalue weighted by atomic mass is 16.4. The topological polar surface area (TPSA) is 99.9 Å². The molecule has 0 atom stereocenters. The molecule has 28 heavy (non-hydrogen) atoms. The van der Waals surface area contributed by atoms with Crippen molar-refractivity contribution in [3.8, 4) is 11.3 Å². The van der Waals surface area contributed by atoms with Crippen LogP contribution in [0.3, 0.4) is 0 Å². The fraction of sp³-hybridized carbons (Fsp3) is 0.381. The second-order valence-electron chi connectivity index (χ2n) is 7.05. The van der Waals surface area contributed by atoms with Crippen LogP contribution in [0.4, 0.5) is 0 Å². The molecule has 1 saturated carbocycles. The number of carboxylic acids is 1. The van der Waals surface area contributed by atoms with Crippen LogP contribution in [-0.2, 0) is 4.79 Å². The van der Waals surface area contributed by atoms with Gasteiger partial charge in [0, 0.05) is 23.2 Å². The number of hydrogen-bond acceptors (Lipinski definition) is 5. The molecular formula is C21H24N2O5. The van der Waals surface area contributed by atoms with Crippen molar-refractivity contribution in [2.24, 2.45) is 0 Å². The van der Waals surface area contributed by atoms with Gasteiger partial charge in [-0.1, -0.05) is 31.2 Å². The van der Waals surface area contributed by atoms with E-state index in [0.29, 0.717) is 17.9 Å². The number of rotatable bonds is 8. The second kappa shape index (κ2) is 8.39. The van der Waals surface area contributed by atoms with E-state index in [-0.39, 0.29) is 36.1 Å². The highest BCUT2D eigenvalue weighted by molar-refractivity contribution is 5.94. The molecule has 7 heteroatoms. The van der Waals surface area contributed by atoms with Crippen LogP contribution in [0.1, 0.15) is 47.6 Å². The Labute approximate surface area is 163 Å². The van der Waals surface area contributed by atoms with Gasteiger partial charge >= 0.3 is 5.97 Å². The summed E-state index contributed by atoms with van der Waals surface area (Å²) in [6, 6.07) is 10.6. The fourth-order valence-electron chi connectivity index (χ4n) is 3.42. The number of Topliss-reactive ketones (excluding diaryl/α,β-unsaturated/α-hetero) is 1. The minimum absolute atomic E-state index is 0.00476. The van der Waals surface area contributed by atoms with Gasteiger partial charge in [0.05, 0.1) is 6.54 Å². The van der Waals surface area contributed by atoms with Gasteiger partial charge in [-0.15, -0.1) is 0 Å². The average Bonchev–Trinajstić information content (AvgIpc) is 3.12. The molecule has 3 rings (SSSR count). The zero-order chi connectivity index (χ0) is 20.3. The molecule has 2 aromatic rings. The van der Waals surface area contributed by atoms with Crippen molar-refractivity contribution in [1.82, 2.24) is 10.2 Å². The predicted octanol–water partition coefficient (Wildman–Crippen LogP) is 2.82. The Kier molecular flexibility index (Phi) is 5.94. The number of carboxylic acid groups (broad SMARTS) is 1. The summed E-state index contributed by atoms with van der Waals surface area (Å²) in [6.07, 6.45) is 1.46. The Morgan fingerprint density at radius 2 is 1.82 bits per heavy atom. The molecule has 1 aromatic heterocycles. The van der Waals surface area contributed by atoms with Crippen LogP contribution in [0, 0.1) is 0 Å². The lowest BCUT2D eigenvalue weighted by atomic mass is 9.85. The zero-order valence-electron chi connectivity index (χ0n) is 16.0. The quantitative estimate of drug-likeness (QED) is 0.679. The Morgan fingerprint density at radius 3 is 2.39 bits per heavy atom. The summed E-state index contributed by atoms with van der Waals surface area (Å²) in [6.45, 7) is 4.13. The fourth-order valence-corrected chi connectivity index (χ4v) is 3.42. The maximum atomic E-state index is 12.4. The number of benzene rings is 1. The Bertz CT molecular complexity index is 865. The van der Waals surface area contributed by atoms with Gasteiger partial charge in [-0.3, -0.25) is 19.3 Å². The van der Waals surface area contributed by atoms with Crippen LogP contribution in [0.5, 0.6) is 0 Å².